The van der Waals surface area contributed by atoms with E-state index in [4.69, 9.17) is 0 Å². The van der Waals surface area contributed by atoms with Crippen molar-refractivity contribution >= 4 is 17.6 Å². The van der Waals surface area contributed by atoms with Crippen molar-refractivity contribution in [1.29, 1.82) is 0 Å². The Bertz CT molecular complexity index is 910. The van der Waals surface area contributed by atoms with Gasteiger partial charge in [0.2, 0.25) is 5.91 Å². The summed E-state index contributed by atoms with van der Waals surface area (Å²) in [7, 11) is 0. The lowest BCUT2D eigenvalue weighted by atomic mass is 10.0. The summed E-state index contributed by atoms with van der Waals surface area (Å²) in [6, 6.07) is 6.51. The van der Waals surface area contributed by atoms with Gasteiger partial charge in [-0.05, 0) is 29.7 Å². The van der Waals surface area contributed by atoms with Gasteiger partial charge in [0.15, 0.2) is 0 Å². The molecule has 1 aliphatic rings. The molecule has 0 unspecified atom stereocenters. The number of pyridine rings is 1. The van der Waals surface area contributed by atoms with Crippen LogP contribution in [0.3, 0.4) is 0 Å². The maximum Gasteiger partial charge on any atom is 0.416 e. The number of rotatable bonds is 5. The molecule has 0 saturated carbocycles. The van der Waals surface area contributed by atoms with E-state index in [2.05, 4.69) is 10.3 Å². The molecule has 1 N–H and O–H groups in total. The zero-order chi connectivity index (χ0) is 20.5. The fourth-order valence-corrected chi connectivity index (χ4v) is 3.21. The highest BCUT2D eigenvalue weighted by atomic mass is 19.4. The van der Waals surface area contributed by atoms with E-state index in [0.717, 1.165) is 12.1 Å². The second-order valence-electron chi connectivity index (χ2n) is 7.19. The molecule has 0 spiro atoms. The van der Waals surface area contributed by atoms with Crippen LogP contribution < -0.4 is 5.32 Å². The zero-order valence-electron chi connectivity index (χ0n) is 15.5. The molecule has 5 nitrogen and oxygen atoms in total. The van der Waals surface area contributed by atoms with Crippen LogP contribution in [-0.4, -0.2) is 28.2 Å². The first-order chi connectivity index (χ1) is 13.1. The highest BCUT2D eigenvalue weighted by Crippen LogP contribution is 2.30. The number of fused-ring (bicyclic) bond motifs is 1. The monoisotopic (exact) mass is 391 g/mol. The molecule has 1 aromatic heterocycles. The van der Waals surface area contributed by atoms with Crippen molar-refractivity contribution in [3.05, 3.63) is 58.8 Å². The fourth-order valence-electron chi connectivity index (χ4n) is 3.21. The maximum absolute atomic E-state index is 13.2. The Labute approximate surface area is 160 Å². The van der Waals surface area contributed by atoms with Crippen LogP contribution in [0.25, 0.3) is 0 Å². The normalized spacial score (nSPS) is 13.4. The SMILES string of the molecule is CC(C)CN(Cc1cccc(C(F)(F)F)c1)C(=O)c1ccnc2c1CC(=O)N2. The molecule has 8 heteroatoms. The summed E-state index contributed by atoms with van der Waals surface area (Å²) in [6.45, 7) is 4.26. The van der Waals surface area contributed by atoms with Gasteiger partial charge in [-0.25, -0.2) is 4.98 Å². The fraction of sp³-hybridized carbons (Fsp3) is 0.350. The summed E-state index contributed by atoms with van der Waals surface area (Å²) in [6.07, 6.45) is -2.94. The first-order valence-corrected chi connectivity index (χ1v) is 8.88. The number of hydrogen-bond donors (Lipinski definition) is 1. The molecule has 2 heterocycles. The Morgan fingerprint density at radius 2 is 2.04 bits per heavy atom. The third-order valence-corrected chi connectivity index (χ3v) is 4.38. The van der Waals surface area contributed by atoms with Gasteiger partial charge in [-0.2, -0.15) is 13.2 Å². The minimum atomic E-state index is -4.44. The summed E-state index contributed by atoms with van der Waals surface area (Å²) < 4.78 is 39.0. The van der Waals surface area contributed by atoms with Gasteiger partial charge < -0.3 is 10.2 Å². The van der Waals surface area contributed by atoms with Crippen LogP contribution in [0.1, 0.15) is 40.9 Å². The van der Waals surface area contributed by atoms with Gasteiger partial charge >= 0.3 is 6.18 Å². The predicted molar refractivity (Wildman–Crippen MR) is 97.6 cm³/mol. The molecule has 0 fully saturated rings. The van der Waals surface area contributed by atoms with Crippen LogP contribution in [-0.2, 0) is 23.9 Å². The molecule has 0 saturated heterocycles. The van der Waals surface area contributed by atoms with Crippen molar-refractivity contribution in [2.45, 2.75) is 33.0 Å². The molecule has 28 heavy (non-hydrogen) atoms. The van der Waals surface area contributed by atoms with Gasteiger partial charge in [0.25, 0.3) is 5.91 Å². The van der Waals surface area contributed by atoms with E-state index in [1.54, 1.807) is 12.1 Å². The molecule has 0 aliphatic carbocycles. The van der Waals surface area contributed by atoms with Gasteiger partial charge in [-0.3, -0.25) is 9.59 Å². The van der Waals surface area contributed by atoms with Crippen molar-refractivity contribution in [1.82, 2.24) is 9.88 Å². The summed E-state index contributed by atoms with van der Waals surface area (Å²) in [4.78, 5) is 30.4. The Hall–Kier alpha value is -2.90. The van der Waals surface area contributed by atoms with E-state index in [9.17, 15) is 22.8 Å². The lowest BCUT2D eigenvalue weighted by Crippen LogP contribution is -2.34. The van der Waals surface area contributed by atoms with E-state index in [1.165, 1.54) is 17.2 Å². The second-order valence-corrected chi connectivity index (χ2v) is 7.19. The van der Waals surface area contributed by atoms with Crippen LogP contribution in [0, 0.1) is 5.92 Å². The summed E-state index contributed by atoms with van der Waals surface area (Å²) >= 11 is 0. The Balaban J connectivity index is 1.91. The quantitative estimate of drug-likeness (QED) is 0.841. The molecule has 0 bridgehead atoms. The largest absolute Gasteiger partial charge is 0.416 e. The molecule has 3 rings (SSSR count). The van der Waals surface area contributed by atoms with Crippen LogP contribution >= 0.6 is 0 Å². The Morgan fingerprint density at radius 1 is 1.29 bits per heavy atom. The number of benzene rings is 1. The number of aromatic nitrogens is 1. The highest BCUT2D eigenvalue weighted by Gasteiger charge is 2.31. The molecule has 0 radical (unpaired) electrons. The molecule has 2 aromatic rings. The lowest BCUT2D eigenvalue weighted by molar-refractivity contribution is -0.137. The van der Waals surface area contributed by atoms with Crippen molar-refractivity contribution in [2.75, 3.05) is 11.9 Å². The summed E-state index contributed by atoms with van der Waals surface area (Å²) in [5.41, 5.74) is 0.511. The number of nitrogens with one attached hydrogen (secondary N) is 1. The van der Waals surface area contributed by atoms with Crippen LogP contribution in [0.5, 0.6) is 0 Å². The van der Waals surface area contributed by atoms with Crippen LogP contribution in [0.15, 0.2) is 36.5 Å². The maximum atomic E-state index is 13.2. The molecular weight excluding hydrogens is 371 g/mol. The Kier molecular flexibility index (Phi) is 5.40. The van der Waals surface area contributed by atoms with Gasteiger partial charge in [0.05, 0.1) is 12.0 Å². The van der Waals surface area contributed by atoms with Crippen LogP contribution in [0.2, 0.25) is 0 Å². The summed E-state index contributed by atoms with van der Waals surface area (Å²) in [5.74, 6) is -0.0962. The number of halogens is 3. The van der Waals surface area contributed by atoms with Crippen molar-refractivity contribution in [2.24, 2.45) is 5.92 Å². The van der Waals surface area contributed by atoms with Gasteiger partial charge in [0, 0.05) is 30.4 Å². The Morgan fingerprint density at radius 3 is 2.71 bits per heavy atom. The first-order valence-electron chi connectivity index (χ1n) is 8.88. The first kappa shape index (κ1) is 19.9. The zero-order valence-corrected chi connectivity index (χ0v) is 15.5. The van der Waals surface area contributed by atoms with Crippen molar-refractivity contribution in [3.63, 3.8) is 0 Å². The van der Waals surface area contributed by atoms with E-state index < -0.39 is 11.7 Å². The smallest absolute Gasteiger partial charge is 0.334 e. The van der Waals surface area contributed by atoms with Crippen LogP contribution in [0.4, 0.5) is 19.0 Å². The average molecular weight is 391 g/mol. The second kappa shape index (κ2) is 7.61. The van der Waals surface area contributed by atoms with E-state index >= 15 is 0 Å². The minimum Gasteiger partial charge on any atom is -0.334 e. The van der Waals surface area contributed by atoms with E-state index in [-0.39, 0.29) is 30.7 Å². The summed E-state index contributed by atoms with van der Waals surface area (Å²) in [5, 5.41) is 2.60. The lowest BCUT2D eigenvalue weighted by Gasteiger charge is -2.26. The van der Waals surface area contributed by atoms with Gasteiger partial charge in [-0.15, -0.1) is 0 Å². The number of alkyl halides is 3. The van der Waals surface area contributed by atoms with Crippen molar-refractivity contribution < 1.29 is 22.8 Å². The molecule has 148 valence electrons. The van der Waals surface area contributed by atoms with Crippen molar-refractivity contribution in [3.8, 4) is 0 Å². The number of anilines is 1. The topological polar surface area (TPSA) is 62.3 Å². The molecule has 0 atom stereocenters. The number of hydrogen-bond acceptors (Lipinski definition) is 3. The number of amides is 2. The van der Waals surface area contributed by atoms with E-state index in [0.29, 0.717) is 29.1 Å². The van der Waals surface area contributed by atoms with E-state index in [1.807, 2.05) is 13.8 Å². The molecule has 1 aliphatic heterocycles. The number of carbonyl (C=O) groups is 2. The molecule has 1 aromatic carbocycles. The predicted octanol–water partition coefficient (Wildman–Crippen LogP) is 3.89. The number of nitrogens with zero attached hydrogens (tertiary/aromatic N) is 2. The third kappa shape index (κ3) is 4.32. The highest BCUT2D eigenvalue weighted by molar-refractivity contribution is 6.04. The minimum absolute atomic E-state index is 0.0411. The molecule has 2 amide bonds. The standard InChI is InChI=1S/C20H20F3N3O2/c1-12(2)10-26(11-13-4-3-5-14(8-13)20(21,22)23)19(28)15-6-7-24-18-16(15)9-17(27)25-18/h3-8,12H,9-11H2,1-2H3,(H,24,25,27). The number of carbonyl (C=O) groups excluding carboxylic acids is 2. The molecular formula is C20H20F3N3O2. The average Bonchev–Trinajstić information content (AvgIpc) is 3.00. The van der Waals surface area contributed by atoms with Gasteiger partial charge in [-0.1, -0.05) is 26.0 Å². The third-order valence-electron chi connectivity index (χ3n) is 4.38. The van der Waals surface area contributed by atoms with Gasteiger partial charge in [0.1, 0.15) is 5.82 Å².